The van der Waals surface area contributed by atoms with Crippen molar-refractivity contribution in [3.05, 3.63) is 23.8 Å². The number of carbonyl (C=O) groups is 2. The number of ketones is 2. The largest absolute Gasteiger partial charge is 0.299 e. The Bertz CT molecular complexity index is 345. The van der Waals surface area contributed by atoms with Crippen LogP contribution >= 0.6 is 0 Å². The molecule has 0 heterocycles. The molecule has 0 aromatic carbocycles. The van der Waals surface area contributed by atoms with Gasteiger partial charge in [-0.1, -0.05) is 26.5 Å². The van der Waals surface area contributed by atoms with E-state index in [1.807, 2.05) is 19.9 Å². The zero-order valence-electron chi connectivity index (χ0n) is 9.18. The number of allylic oxidation sites excluding steroid dienone is 3. The number of carbonyl (C=O) groups excluding carboxylic acids is 2. The molecular formula is C12H16O2. The smallest absolute Gasteiger partial charge is 0.159 e. The molecule has 0 saturated carbocycles. The molecule has 0 amide bonds. The molecule has 0 radical (unpaired) electrons. The van der Waals surface area contributed by atoms with E-state index < -0.39 is 0 Å². The topological polar surface area (TPSA) is 34.1 Å². The first-order valence-corrected chi connectivity index (χ1v) is 4.71. The summed E-state index contributed by atoms with van der Waals surface area (Å²) in [6.45, 7) is 10.8. The van der Waals surface area contributed by atoms with Gasteiger partial charge in [-0.3, -0.25) is 9.59 Å². The minimum atomic E-state index is -0.274. The van der Waals surface area contributed by atoms with E-state index in [1.54, 1.807) is 6.92 Å². The van der Waals surface area contributed by atoms with Crippen molar-refractivity contribution in [3.8, 4) is 0 Å². The van der Waals surface area contributed by atoms with Crippen LogP contribution in [0.1, 0.15) is 27.7 Å². The van der Waals surface area contributed by atoms with Crippen molar-refractivity contribution < 1.29 is 9.59 Å². The molecule has 76 valence electrons. The molecule has 1 aliphatic carbocycles. The van der Waals surface area contributed by atoms with E-state index in [2.05, 4.69) is 6.58 Å². The molecule has 0 bridgehead atoms. The molecule has 0 N–H and O–H groups in total. The van der Waals surface area contributed by atoms with Crippen molar-refractivity contribution in [1.82, 2.24) is 0 Å². The standard InChI is InChI=1S/C12H16O2/c1-7-10(8(2)13)6-12(4,5)11(7)9(3)14/h6,11H,1H2,2-5H3. The van der Waals surface area contributed by atoms with Gasteiger partial charge in [0.2, 0.25) is 0 Å². The van der Waals surface area contributed by atoms with Gasteiger partial charge in [-0.05, 0) is 24.8 Å². The van der Waals surface area contributed by atoms with Crippen molar-refractivity contribution in [1.29, 1.82) is 0 Å². The minimum absolute atomic E-state index is 0.00757. The third kappa shape index (κ3) is 1.57. The van der Waals surface area contributed by atoms with Crippen LogP contribution in [-0.4, -0.2) is 11.6 Å². The molecule has 0 aliphatic heterocycles. The lowest BCUT2D eigenvalue weighted by molar-refractivity contribution is -0.121. The van der Waals surface area contributed by atoms with Crippen molar-refractivity contribution in [2.75, 3.05) is 0 Å². The predicted molar refractivity (Wildman–Crippen MR) is 55.9 cm³/mol. The van der Waals surface area contributed by atoms with Gasteiger partial charge in [0.25, 0.3) is 0 Å². The molecule has 0 aromatic heterocycles. The molecule has 1 rings (SSSR count). The van der Waals surface area contributed by atoms with Crippen LogP contribution in [0.3, 0.4) is 0 Å². The SMILES string of the molecule is C=C1C(C(C)=O)=CC(C)(C)C1C(C)=O. The molecule has 0 fully saturated rings. The summed E-state index contributed by atoms with van der Waals surface area (Å²) in [6, 6.07) is 0. The van der Waals surface area contributed by atoms with Gasteiger partial charge in [-0.25, -0.2) is 0 Å². The summed E-state index contributed by atoms with van der Waals surface area (Å²) in [5.74, 6) is -0.166. The molecule has 1 atom stereocenters. The van der Waals surface area contributed by atoms with E-state index in [0.29, 0.717) is 11.1 Å². The van der Waals surface area contributed by atoms with Crippen LogP contribution in [-0.2, 0) is 9.59 Å². The predicted octanol–water partition coefficient (Wildman–Crippen LogP) is 2.30. The molecule has 1 unspecified atom stereocenters. The van der Waals surface area contributed by atoms with E-state index in [4.69, 9.17) is 0 Å². The van der Waals surface area contributed by atoms with Gasteiger partial charge in [0.1, 0.15) is 5.78 Å². The van der Waals surface area contributed by atoms with Crippen molar-refractivity contribution in [2.24, 2.45) is 11.3 Å². The van der Waals surface area contributed by atoms with Crippen LogP contribution in [0.15, 0.2) is 23.8 Å². The maximum atomic E-state index is 11.4. The molecule has 2 heteroatoms. The highest BCUT2D eigenvalue weighted by Gasteiger charge is 2.41. The number of hydrogen-bond donors (Lipinski definition) is 0. The molecule has 0 aromatic rings. The van der Waals surface area contributed by atoms with Crippen LogP contribution in [0.2, 0.25) is 0 Å². The highest BCUT2D eigenvalue weighted by molar-refractivity contribution is 6.01. The first kappa shape index (κ1) is 10.9. The fourth-order valence-corrected chi connectivity index (χ4v) is 2.25. The maximum Gasteiger partial charge on any atom is 0.159 e. The molecular weight excluding hydrogens is 176 g/mol. The molecule has 1 aliphatic rings. The summed E-state index contributed by atoms with van der Waals surface area (Å²) in [5.41, 5.74) is 1.02. The Balaban J connectivity index is 3.17. The first-order chi connectivity index (χ1) is 6.27. The second-order valence-corrected chi connectivity index (χ2v) is 4.50. The van der Waals surface area contributed by atoms with Gasteiger partial charge >= 0.3 is 0 Å². The third-order valence-electron chi connectivity index (χ3n) is 2.74. The van der Waals surface area contributed by atoms with Crippen molar-refractivity contribution in [2.45, 2.75) is 27.7 Å². The molecule has 0 spiro atoms. The Hall–Kier alpha value is -1.18. The van der Waals surface area contributed by atoms with Gasteiger partial charge in [0.15, 0.2) is 5.78 Å². The maximum absolute atomic E-state index is 11.4. The fourth-order valence-electron chi connectivity index (χ4n) is 2.25. The Kier molecular flexibility index (Phi) is 2.49. The second kappa shape index (κ2) is 3.19. The van der Waals surface area contributed by atoms with Gasteiger partial charge in [0.05, 0.1) is 5.92 Å². The van der Waals surface area contributed by atoms with Crippen molar-refractivity contribution >= 4 is 11.6 Å². The molecule has 2 nitrogen and oxygen atoms in total. The normalized spacial score (nSPS) is 24.7. The van der Waals surface area contributed by atoms with Crippen LogP contribution < -0.4 is 0 Å². The summed E-state index contributed by atoms with van der Waals surface area (Å²) >= 11 is 0. The van der Waals surface area contributed by atoms with E-state index in [1.165, 1.54) is 6.92 Å². The van der Waals surface area contributed by atoms with Crippen LogP contribution in [0.5, 0.6) is 0 Å². The summed E-state index contributed by atoms with van der Waals surface area (Å²) in [6.07, 6.45) is 1.86. The average molecular weight is 192 g/mol. The summed E-state index contributed by atoms with van der Waals surface area (Å²) in [5, 5.41) is 0. The van der Waals surface area contributed by atoms with E-state index >= 15 is 0 Å². The minimum Gasteiger partial charge on any atom is -0.299 e. The first-order valence-electron chi connectivity index (χ1n) is 4.71. The number of hydrogen-bond acceptors (Lipinski definition) is 2. The summed E-state index contributed by atoms with van der Waals surface area (Å²) in [4.78, 5) is 22.7. The van der Waals surface area contributed by atoms with Gasteiger partial charge in [-0.2, -0.15) is 0 Å². The molecule has 14 heavy (non-hydrogen) atoms. The van der Waals surface area contributed by atoms with E-state index in [-0.39, 0.29) is 22.9 Å². The highest BCUT2D eigenvalue weighted by Crippen LogP contribution is 2.44. The Labute approximate surface area is 84.7 Å². The summed E-state index contributed by atoms with van der Waals surface area (Å²) < 4.78 is 0. The van der Waals surface area contributed by atoms with E-state index in [0.717, 1.165) is 0 Å². The third-order valence-corrected chi connectivity index (χ3v) is 2.74. The lowest BCUT2D eigenvalue weighted by Gasteiger charge is -2.24. The quantitative estimate of drug-likeness (QED) is 0.672. The Morgan fingerprint density at radius 2 is 1.86 bits per heavy atom. The zero-order valence-corrected chi connectivity index (χ0v) is 9.18. The van der Waals surface area contributed by atoms with Crippen LogP contribution in [0, 0.1) is 11.3 Å². The summed E-state index contributed by atoms with van der Waals surface area (Å²) in [7, 11) is 0. The lowest BCUT2D eigenvalue weighted by atomic mass is 9.78. The zero-order chi connectivity index (χ0) is 11.1. The second-order valence-electron chi connectivity index (χ2n) is 4.50. The monoisotopic (exact) mass is 192 g/mol. The van der Waals surface area contributed by atoms with Crippen molar-refractivity contribution in [3.63, 3.8) is 0 Å². The van der Waals surface area contributed by atoms with Crippen LogP contribution in [0.4, 0.5) is 0 Å². The number of rotatable bonds is 2. The molecule has 0 saturated heterocycles. The van der Waals surface area contributed by atoms with Gasteiger partial charge in [0, 0.05) is 5.57 Å². The van der Waals surface area contributed by atoms with Crippen LogP contribution in [0.25, 0.3) is 0 Å². The van der Waals surface area contributed by atoms with Gasteiger partial charge < -0.3 is 0 Å². The Morgan fingerprint density at radius 1 is 1.36 bits per heavy atom. The lowest BCUT2D eigenvalue weighted by Crippen LogP contribution is -2.25. The average Bonchev–Trinajstić information content (AvgIpc) is 2.20. The number of Topliss-reactive ketones (excluding diaryl/α,β-unsaturated/α-hetero) is 2. The Morgan fingerprint density at radius 3 is 2.07 bits per heavy atom. The fraction of sp³-hybridized carbons (Fsp3) is 0.500. The van der Waals surface area contributed by atoms with E-state index in [9.17, 15) is 9.59 Å². The highest BCUT2D eigenvalue weighted by atomic mass is 16.1. The van der Waals surface area contributed by atoms with Gasteiger partial charge in [-0.15, -0.1) is 0 Å².